The molecule has 0 saturated carbocycles. The number of ether oxygens (including phenoxy) is 1. The van der Waals surface area contributed by atoms with Crippen LogP contribution in [0, 0.1) is 17.2 Å². The van der Waals surface area contributed by atoms with E-state index in [2.05, 4.69) is 25.2 Å². The van der Waals surface area contributed by atoms with Crippen LogP contribution in [0.3, 0.4) is 0 Å². The molecule has 0 aromatic carbocycles. The molecule has 0 aliphatic heterocycles. The van der Waals surface area contributed by atoms with Gasteiger partial charge in [-0.25, -0.2) is 0 Å². The summed E-state index contributed by atoms with van der Waals surface area (Å²) in [5.74, 6) is 1.14. The average Bonchev–Trinajstić information content (AvgIpc) is 2.53. The van der Waals surface area contributed by atoms with E-state index in [-0.39, 0.29) is 6.10 Å². The minimum Gasteiger partial charge on any atom is -0.486 e. The summed E-state index contributed by atoms with van der Waals surface area (Å²) in [4.78, 5) is 0.506. The van der Waals surface area contributed by atoms with E-state index >= 15 is 0 Å². The second kappa shape index (κ2) is 5.78. The van der Waals surface area contributed by atoms with E-state index in [1.807, 2.05) is 13.8 Å². The van der Waals surface area contributed by atoms with Crippen LogP contribution in [0.4, 0.5) is 10.7 Å². The highest BCUT2D eigenvalue weighted by atomic mass is 32.1. The fourth-order valence-corrected chi connectivity index (χ4v) is 2.14. The van der Waals surface area contributed by atoms with Gasteiger partial charge < -0.3 is 15.8 Å². The molecule has 5 heteroatoms. The number of anilines is 2. The van der Waals surface area contributed by atoms with E-state index in [0.29, 0.717) is 22.2 Å². The summed E-state index contributed by atoms with van der Waals surface area (Å²) in [6, 6.07) is 2.09. The van der Waals surface area contributed by atoms with Gasteiger partial charge >= 0.3 is 0 Å². The van der Waals surface area contributed by atoms with Crippen LogP contribution < -0.4 is 15.8 Å². The van der Waals surface area contributed by atoms with Crippen molar-refractivity contribution in [3.8, 4) is 11.8 Å². The molecule has 0 bridgehead atoms. The molecule has 17 heavy (non-hydrogen) atoms. The van der Waals surface area contributed by atoms with Crippen molar-refractivity contribution < 1.29 is 4.74 Å². The quantitative estimate of drug-likeness (QED) is 0.846. The van der Waals surface area contributed by atoms with Gasteiger partial charge in [0.1, 0.15) is 21.6 Å². The number of nitriles is 1. The molecule has 1 aromatic heterocycles. The molecule has 1 aromatic rings. The Bertz CT molecular complexity index is 418. The Morgan fingerprint density at radius 3 is 2.53 bits per heavy atom. The number of nitrogens with two attached hydrogens (primary N) is 1. The number of hydrogen-bond acceptors (Lipinski definition) is 5. The highest BCUT2D eigenvalue weighted by Crippen LogP contribution is 2.42. The Hall–Kier alpha value is -1.41. The number of nitrogens with zero attached hydrogens (tertiary/aromatic N) is 1. The Kier molecular flexibility index (Phi) is 4.64. The van der Waals surface area contributed by atoms with Crippen LogP contribution in [-0.4, -0.2) is 12.6 Å². The molecule has 0 amide bonds. The summed E-state index contributed by atoms with van der Waals surface area (Å²) in [5.41, 5.74) is 6.33. The number of thiophene rings is 1. The second-order valence-electron chi connectivity index (χ2n) is 4.56. The summed E-state index contributed by atoms with van der Waals surface area (Å²) in [6.07, 6.45) is 0.0399. The molecule has 0 aliphatic rings. The topological polar surface area (TPSA) is 71.1 Å². The molecule has 0 saturated heterocycles. The van der Waals surface area contributed by atoms with Gasteiger partial charge in [-0.3, -0.25) is 0 Å². The summed E-state index contributed by atoms with van der Waals surface area (Å²) in [7, 11) is 0. The monoisotopic (exact) mass is 253 g/mol. The normalized spacial score (nSPS) is 10.6. The Morgan fingerprint density at radius 2 is 2.06 bits per heavy atom. The lowest BCUT2D eigenvalue weighted by atomic mass is 10.2. The van der Waals surface area contributed by atoms with Crippen molar-refractivity contribution in [3.63, 3.8) is 0 Å². The minimum absolute atomic E-state index is 0.0399. The van der Waals surface area contributed by atoms with Crippen LogP contribution in [-0.2, 0) is 0 Å². The molecule has 94 valence electrons. The molecular formula is C12H19N3OS. The number of nitrogen functional groups attached to an aromatic ring is 1. The lowest BCUT2D eigenvalue weighted by molar-refractivity contribution is 0.246. The summed E-state index contributed by atoms with van der Waals surface area (Å²) in [6.45, 7) is 8.96. The van der Waals surface area contributed by atoms with E-state index in [1.165, 1.54) is 11.3 Å². The first-order chi connectivity index (χ1) is 7.95. The van der Waals surface area contributed by atoms with Gasteiger partial charge in [-0.05, 0) is 19.8 Å². The average molecular weight is 253 g/mol. The van der Waals surface area contributed by atoms with Crippen LogP contribution in [0.25, 0.3) is 0 Å². The van der Waals surface area contributed by atoms with E-state index in [9.17, 15) is 0 Å². The lowest BCUT2D eigenvalue weighted by Crippen LogP contribution is -2.11. The largest absolute Gasteiger partial charge is 0.486 e. The maximum absolute atomic E-state index is 8.96. The van der Waals surface area contributed by atoms with Gasteiger partial charge in [0, 0.05) is 6.54 Å². The summed E-state index contributed by atoms with van der Waals surface area (Å²) >= 11 is 1.35. The lowest BCUT2D eigenvalue weighted by Gasteiger charge is -2.13. The van der Waals surface area contributed by atoms with Gasteiger partial charge in [0.2, 0.25) is 0 Å². The van der Waals surface area contributed by atoms with Crippen LogP contribution in [0.15, 0.2) is 0 Å². The van der Waals surface area contributed by atoms with Crippen molar-refractivity contribution in [2.45, 2.75) is 33.8 Å². The first kappa shape index (κ1) is 13.7. The fourth-order valence-electron chi connectivity index (χ4n) is 1.28. The van der Waals surface area contributed by atoms with Gasteiger partial charge in [-0.1, -0.05) is 13.8 Å². The van der Waals surface area contributed by atoms with Gasteiger partial charge in [0.05, 0.1) is 6.10 Å². The second-order valence-corrected chi connectivity index (χ2v) is 5.58. The maximum atomic E-state index is 8.96. The molecule has 4 nitrogen and oxygen atoms in total. The predicted molar refractivity (Wildman–Crippen MR) is 72.5 cm³/mol. The molecule has 3 N–H and O–H groups in total. The van der Waals surface area contributed by atoms with Crippen LogP contribution >= 0.6 is 11.3 Å². The molecular weight excluding hydrogens is 234 g/mol. The third-order valence-electron chi connectivity index (χ3n) is 2.03. The molecule has 0 fully saturated rings. The van der Waals surface area contributed by atoms with Crippen LogP contribution in [0.5, 0.6) is 5.75 Å². The maximum Gasteiger partial charge on any atom is 0.178 e. The standard InChI is InChI=1S/C12H19N3OS/c1-7(2)6-15-12-11(16-8(3)4)10(14)9(5-13)17-12/h7-8,15H,6,14H2,1-4H3. The fraction of sp³-hybridized carbons (Fsp3) is 0.583. The molecule has 0 atom stereocenters. The van der Waals surface area contributed by atoms with Crippen molar-refractivity contribution in [2.75, 3.05) is 17.6 Å². The van der Waals surface area contributed by atoms with E-state index < -0.39 is 0 Å². The zero-order chi connectivity index (χ0) is 13.0. The molecule has 0 spiro atoms. The van der Waals surface area contributed by atoms with Crippen molar-refractivity contribution in [2.24, 2.45) is 5.92 Å². The van der Waals surface area contributed by atoms with Gasteiger partial charge in [-0.15, -0.1) is 11.3 Å². The van der Waals surface area contributed by atoms with Gasteiger partial charge in [0.25, 0.3) is 0 Å². The Labute approximate surface area is 106 Å². The van der Waals surface area contributed by atoms with Crippen LogP contribution in [0.1, 0.15) is 32.6 Å². The SMILES string of the molecule is CC(C)CNc1sc(C#N)c(N)c1OC(C)C. The Balaban J connectivity index is 2.97. The molecule has 0 aliphatic carbocycles. The van der Waals surface area contributed by atoms with Crippen molar-refractivity contribution in [1.29, 1.82) is 5.26 Å². The van der Waals surface area contributed by atoms with Gasteiger partial charge in [0.15, 0.2) is 5.75 Å². The zero-order valence-electron chi connectivity index (χ0n) is 10.7. The predicted octanol–water partition coefficient (Wildman–Crippen LogP) is 3.06. The van der Waals surface area contributed by atoms with Crippen molar-refractivity contribution >= 4 is 22.0 Å². The smallest absolute Gasteiger partial charge is 0.178 e. The van der Waals surface area contributed by atoms with Gasteiger partial charge in [-0.2, -0.15) is 5.26 Å². The van der Waals surface area contributed by atoms with Crippen LogP contribution in [0.2, 0.25) is 0 Å². The number of rotatable bonds is 5. The molecule has 1 rings (SSSR count). The molecule has 1 heterocycles. The summed E-state index contributed by atoms with van der Waals surface area (Å²) < 4.78 is 5.66. The van der Waals surface area contributed by atoms with E-state index in [1.54, 1.807) is 0 Å². The zero-order valence-corrected chi connectivity index (χ0v) is 11.5. The third kappa shape index (κ3) is 3.53. The first-order valence-electron chi connectivity index (χ1n) is 5.68. The van der Waals surface area contributed by atoms with Crippen molar-refractivity contribution in [1.82, 2.24) is 0 Å². The highest BCUT2D eigenvalue weighted by Gasteiger charge is 2.18. The first-order valence-corrected chi connectivity index (χ1v) is 6.50. The summed E-state index contributed by atoms with van der Waals surface area (Å²) in [5, 5.41) is 13.1. The third-order valence-corrected chi connectivity index (χ3v) is 3.07. The number of nitrogens with one attached hydrogen (secondary N) is 1. The molecule has 0 unspecified atom stereocenters. The van der Waals surface area contributed by atoms with E-state index in [4.69, 9.17) is 15.7 Å². The molecule has 0 radical (unpaired) electrons. The minimum atomic E-state index is 0.0399. The van der Waals surface area contributed by atoms with E-state index in [0.717, 1.165) is 11.5 Å². The number of hydrogen-bond donors (Lipinski definition) is 2. The van der Waals surface area contributed by atoms with Crippen molar-refractivity contribution in [3.05, 3.63) is 4.88 Å². The Morgan fingerprint density at radius 1 is 1.41 bits per heavy atom. The highest BCUT2D eigenvalue weighted by molar-refractivity contribution is 7.17.